The van der Waals surface area contributed by atoms with Crippen molar-refractivity contribution in [2.75, 3.05) is 0 Å². The molecule has 0 amide bonds. The van der Waals surface area contributed by atoms with Crippen LogP contribution in [0.25, 0.3) is 11.1 Å². The summed E-state index contributed by atoms with van der Waals surface area (Å²) in [6.45, 7) is 0. The Morgan fingerprint density at radius 1 is 0.850 bits per heavy atom. The first-order chi connectivity index (χ1) is 9.65. The lowest BCUT2D eigenvalue weighted by Crippen LogP contribution is -2.12. The Bertz CT molecular complexity index is 650. The van der Waals surface area contributed by atoms with Crippen molar-refractivity contribution >= 4 is 11.8 Å². The Balaban J connectivity index is 1.83. The van der Waals surface area contributed by atoms with Crippen molar-refractivity contribution in [3.05, 3.63) is 59.7 Å². The summed E-state index contributed by atoms with van der Waals surface area (Å²) in [4.78, 5) is 21.9. The van der Waals surface area contributed by atoms with E-state index in [0.717, 1.165) is 17.0 Å². The summed E-state index contributed by atoms with van der Waals surface area (Å²) < 4.78 is 0. The number of hydrogen-bond acceptors (Lipinski definition) is 2. The van der Waals surface area contributed by atoms with Gasteiger partial charge in [0, 0.05) is 5.56 Å². The molecular weight excluding hydrogens is 252 g/mol. The van der Waals surface area contributed by atoms with Crippen molar-refractivity contribution < 1.29 is 14.7 Å². The van der Waals surface area contributed by atoms with Crippen LogP contribution in [0.15, 0.2) is 48.5 Å². The number of carboxylic acids is 1. The molecule has 0 saturated heterocycles. The molecule has 0 atom stereocenters. The zero-order valence-electron chi connectivity index (χ0n) is 10.9. The molecular formula is C17H14O3. The van der Waals surface area contributed by atoms with Crippen molar-refractivity contribution in [2.45, 2.75) is 18.8 Å². The molecule has 1 N–H and O–H groups in total. The fraction of sp³-hybridized carbons (Fsp3) is 0.176. The first-order valence-electron chi connectivity index (χ1n) is 6.63. The van der Waals surface area contributed by atoms with Gasteiger partial charge >= 0.3 is 5.97 Å². The lowest BCUT2D eigenvalue weighted by molar-refractivity contribution is -0.131. The fourth-order valence-corrected chi connectivity index (χ4v) is 2.30. The second-order valence-corrected chi connectivity index (χ2v) is 5.11. The van der Waals surface area contributed by atoms with Crippen LogP contribution in [0.2, 0.25) is 0 Å². The van der Waals surface area contributed by atoms with E-state index >= 15 is 0 Å². The van der Waals surface area contributed by atoms with E-state index in [9.17, 15) is 9.59 Å². The van der Waals surface area contributed by atoms with Crippen molar-refractivity contribution in [3.63, 3.8) is 0 Å². The molecule has 100 valence electrons. The van der Waals surface area contributed by atoms with Gasteiger partial charge in [-0.1, -0.05) is 48.5 Å². The van der Waals surface area contributed by atoms with E-state index in [2.05, 4.69) is 24.3 Å². The molecule has 1 aliphatic rings. The lowest BCUT2D eigenvalue weighted by atomic mass is 10.0. The quantitative estimate of drug-likeness (QED) is 0.680. The van der Waals surface area contributed by atoms with Crippen LogP contribution >= 0.6 is 0 Å². The molecule has 1 saturated carbocycles. The average Bonchev–Trinajstić information content (AvgIpc) is 3.31. The molecule has 0 aromatic heterocycles. The zero-order valence-corrected chi connectivity index (χ0v) is 10.9. The number of ketones is 1. The van der Waals surface area contributed by atoms with E-state index in [1.165, 1.54) is 18.4 Å². The molecule has 0 heterocycles. The summed E-state index contributed by atoms with van der Waals surface area (Å²) in [5.74, 6) is -1.56. The summed E-state index contributed by atoms with van der Waals surface area (Å²) >= 11 is 0. The number of carbonyl (C=O) groups is 2. The van der Waals surface area contributed by atoms with Crippen molar-refractivity contribution in [2.24, 2.45) is 0 Å². The van der Waals surface area contributed by atoms with Crippen molar-refractivity contribution in [1.29, 1.82) is 0 Å². The highest BCUT2D eigenvalue weighted by Gasteiger charge is 2.23. The van der Waals surface area contributed by atoms with Gasteiger partial charge in [0.05, 0.1) is 0 Å². The molecule has 0 bridgehead atoms. The first kappa shape index (κ1) is 12.6. The highest BCUT2D eigenvalue weighted by molar-refractivity contribution is 6.39. The van der Waals surface area contributed by atoms with Crippen molar-refractivity contribution in [1.82, 2.24) is 0 Å². The van der Waals surface area contributed by atoms with Gasteiger partial charge in [0.25, 0.3) is 5.78 Å². The van der Waals surface area contributed by atoms with E-state index < -0.39 is 11.8 Å². The van der Waals surface area contributed by atoms with E-state index in [-0.39, 0.29) is 5.56 Å². The second-order valence-electron chi connectivity index (χ2n) is 5.11. The smallest absolute Gasteiger partial charge is 0.377 e. The standard InChI is InChI=1S/C17H14O3/c18-16(17(19)20)15-9-7-14(8-10-15)13-5-3-12(4-6-13)11-1-2-11/h3-11H,1-2H2,(H,19,20). The second kappa shape index (κ2) is 4.93. The Labute approximate surface area is 116 Å². The molecule has 20 heavy (non-hydrogen) atoms. The van der Waals surface area contributed by atoms with E-state index in [0.29, 0.717) is 0 Å². The van der Waals surface area contributed by atoms with E-state index in [4.69, 9.17) is 5.11 Å². The molecule has 3 heteroatoms. The molecule has 2 aromatic rings. The molecule has 1 aliphatic carbocycles. The maximum absolute atomic E-state index is 11.3. The Morgan fingerprint density at radius 2 is 1.35 bits per heavy atom. The minimum absolute atomic E-state index is 0.204. The Kier molecular flexibility index (Phi) is 3.11. The number of carbonyl (C=O) groups excluding carboxylic acids is 1. The average molecular weight is 266 g/mol. The lowest BCUT2D eigenvalue weighted by Gasteiger charge is -2.04. The minimum atomic E-state index is -1.42. The van der Waals surface area contributed by atoms with Gasteiger partial charge in [-0.3, -0.25) is 4.79 Å². The summed E-state index contributed by atoms with van der Waals surface area (Å²) in [5, 5.41) is 8.66. The van der Waals surface area contributed by atoms with Crippen LogP contribution < -0.4 is 0 Å². The maximum atomic E-state index is 11.3. The maximum Gasteiger partial charge on any atom is 0.377 e. The van der Waals surface area contributed by atoms with Gasteiger partial charge in [0.2, 0.25) is 0 Å². The first-order valence-corrected chi connectivity index (χ1v) is 6.63. The monoisotopic (exact) mass is 266 g/mol. The highest BCUT2D eigenvalue weighted by Crippen LogP contribution is 2.40. The van der Waals surface area contributed by atoms with Gasteiger partial charge in [-0.25, -0.2) is 4.79 Å². The largest absolute Gasteiger partial charge is 0.475 e. The third-order valence-electron chi connectivity index (χ3n) is 3.63. The fourth-order valence-electron chi connectivity index (χ4n) is 2.30. The molecule has 0 aliphatic heterocycles. The van der Waals surface area contributed by atoms with E-state index in [1.807, 2.05) is 0 Å². The normalized spacial score (nSPS) is 14.0. The van der Waals surface area contributed by atoms with Gasteiger partial charge in [-0.05, 0) is 35.4 Å². The predicted octanol–water partition coefficient (Wildman–Crippen LogP) is 3.50. The van der Waals surface area contributed by atoms with Crippen molar-refractivity contribution in [3.8, 4) is 11.1 Å². The SMILES string of the molecule is O=C(O)C(=O)c1ccc(-c2ccc(C3CC3)cc2)cc1. The number of aliphatic carboxylic acids is 1. The van der Waals surface area contributed by atoms with Crippen LogP contribution in [0, 0.1) is 0 Å². The summed E-state index contributed by atoms with van der Waals surface area (Å²) in [7, 11) is 0. The zero-order chi connectivity index (χ0) is 14.1. The van der Waals surface area contributed by atoms with E-state index in [1.54, 1.807) is 24.3 Å². The number of carboxylic acid groups (broad SMARTS) is 1. The van der Waals surface area contributed by atoms with Crippen LogP contribution in [0.1, 0.15) is 34.7 Å². The van der Waals surface area contributed by atoms with Crippen LogP contribution in [0.5, 0.6) is 0 Å². The van der Waals surface area contributed by atoms with Gasteiger partial charge < -0.3 is 5.11 Å². The molecule has 2 aromatic carbocycles. The molecule has 3 rings (SSSR count). The number of rotatable bonds is 4. The molecule has 0 radical (unpaired) electrons. The van der Waals surface area contributed by atoms with Gasteiger partial charge in [0.15, 0.2) is 0 Å². The third-order valence-corrected chi connectivity index (χ3v) is 3.63. The van der Waals surface area contributed by atoms with Crippen LogP contribution in [-0.2, 0) is 4.79 Å². The van der Waals surface area contributed by atoms with Crippen LogP contribution in [0.4, 0.5) is 0 Å². The number of Topliss-reactive ketones (excluding diaryl/α,β-unsaturated/α-hetero) is 1. The topological polar surface area (TPSA) is 54.4 Å². The summed E-state index contributed by atoms with van der Waals surface area (Å²) in [5.41, 5.74) is 3.64. The van der Waals surface area contributed by atoms with Gasteiger partial charge in [0.1, 0.15) is 0 Å². The third kappa shape index (κ3) is 2.48. The molecule has 1 fully saturated rings. The minimum Gasteiger partial charge on any atom is -0.475 e. The summed E-state index contributed by atoms with van der Waals surface area (Å²) in [6.07, 6.45) is 2.57. The highest BCUT2D eigenvalue weighted by atomic mass is 16.4. The molecule has 0 spiro atoms. The van der Waals surface area contributed by atoms with Gasteiger partial charge in [-0.15, -0.1) is 0 Å². The van der Waals surface area contributed by atoms with Crippen LogP contribution in [0.3, 0.4) is 0 Å². The Hall–Kier alpha value is -2.42. The van der Waals surface area contributed by atoms with Crippen LogP contribution in [-0.4, -0.2) is 16.9 Å². The predicted molar refractivity (Wildman–Crippen MR) is 75.8 cm³/mol. The number of hydrogen-bond donors (Lipinski definition) is 1. The Morgan fingerprint density at radius 3 is 1.80 bits per heavy atom. The summed E-state index contributed by atoms with van der Waals surface area (Å²) in [6, 6.07) is 15.1. The molecule has 0 unspecified atom stereocenters. The number of benzene rings is 2. The van der Waals surface area contributed by atoms with Gasteiger partial charge in [-0.2, -0.15) is 0 Å². The molecule has 3 nitrogen and oxygen atoms in total.